The van der Waals surface area contributed by atoms with Crippen LogP contribution in [0.4, 0.5) is 0 Å². The summed E-state index contributed by atoms with van der Waals surface area (Å²) in [6.45, 7) is -0.415. The molecule has 0 spiro atoms. The van der Waals surface area contributed by atoms with E-state index in [2.05, 4.69) is 10.3 Å². The zero-order valence-corrected chi connectivity index (χ0v) is 28.0. The van der Waals surface area contributed by atoms with E-state index in [0.29, 0.717) is 51.4 Å². The predicted molar refractivity (Wildman–Crippen MR) is 175 cm³/mol. The topological polar surface area (TPSA) is 131 Å². The Morgan fingerprint density at radius 1 is 0.766 bits per heavy atom. The number of nitrogens with zero attached hydrogens (tertiary/aromatic N) is 4. The highest BCUT2D eigenvalue weighted by Crippen LogP contribution is 2.25. The van der Waals surface area contributed by atoms with Gasteiger partial charge < -0.3 is 34.2 Å². The largest absolute Gasteiger partial charge is 0.497 e. The van der Waals surface area contributed by atoms with Gasteiger partial charge in [0.05, 0.1) is 43.0 Å². The van der Waals surface area contributed by atoms with Crippen LogP contribution in [0.15, 0.2) is 54.6 Å². The Balaban J connectivity index is 1.74. The van der Waals surface area contributed by atoms with Crippen LogP contribution in [0.25, 0.3) is 0 Å². The van der Waals surface area contributed by atoms with E-state index in [1.807, 2.05) is 0 Å². The Labute approximate surface area is 283 Å². The van der Waals surface area contributed by atoms with Crippen molar-refractivity contribution in [3.63, 3.8) is 0 Å². The van der Waals surface area contributed by atoms with Gasteiger partial charge in [0, 0.05) is 39.4 Å². The van der Waals surface area contributed by atoms with Gasteiger partial charge in [-0.25, -0.2) is 4.98 Å². The number of methoxy groups -OCH3 is 3. The van der Waals surface area contributed by atoms with Gasteiger partial charge in [0.1, 0.15) is 30.3 Å². The van der Waals surface area contributed by atoms with Crippen molar-refractivity contribution >= 4 is 46.8 Å². The fraction of sp³-hybridized carbons (Fsp3) is 0.364. The van der Waals surface area contributed by atoms with Crippen LogP contribution in [0.1, 0.15) is 33.7 Å². The summed E-state index contributed by atoms with van der Waals surface area (Å²) >= 11 is 12.3. The Hall–Kier alpha value is -4.39. The number of rotatable bonds is 10. The third-order valence-electron chi connectivity index (χ3n) is 7.39. The van der Waals surface area contributed by atoms with Gasteiger partial charge in [0.2, 0.25) is 17.7 Å². The number of amides is 4. The number of carbonyl (C=O) groups is 4. The second kappa shape index (κ2) is 17.0. The molecule has 4 amide bonds. The van der Waals surface area contributed by atoms with E-state index in [4.69, 9.17) is 37.4 Å². The molecule has 2 bridgehead atoms. The summed E-state index contributed by atoms with van der Waals surface area (Å²) < 4.78 is 16.0. The molecule has 1 N–H and O–H groups in total. The Morgan fingerprint density at radius 2 is 1.43 bits per heavy atom. The maximum Gasteiger partial charge on any atom is 0.272 e. The van der Waals surface area contributed by atoms with Gasteiger partial charge in [-0.2, -0.15) is 0 Å². The number of carbonyl (C=O) groups excluding carboxylic acids is 4. The third-order valence-corrected chi connectivity index (χ3v) is 8.13. The first-order valence-electron chi connectivity index (χ1n) is 14.8. The maximum absolute atomic E-state index is 14.1. The van der Waals surface area contributed by atoms with Crippen LogP contribution in [-0.2, 0) is 38.8 Å². The molecule has 0 saturated carbocycles. The molecule has 0 fully saturated rings. The lowest BCUT2D eigenvalue weighted by atomic mass is 10.1. The van der Waals surface area contributed by atoms with Crippen molar-refractivity contribution < 1.29 is 33.4 Å². The highest BCUT2D eigenvalue weighted by Gasteiger charge is 2.28. The van der Waals surface area contributed by atoms with E-state index in [1.165, 1.54) is 28.9 Å². The standard InChI is InChI=1S/C33H37Cl2N5O7/c1-45-11-5-10-38-20-31(42)40(18-23-12-25(46-2)15-26(13-23)47-3)21-32(43)39(17-22-8-9-27(34)28(35)14-22)19-30(41)36-16-24-6-4-7-29(37-24)33(38)44/h4,6-9,12-15H,5,10-11,16-21H2,1-3H3,(H,36,41). The smallest absolute Gasteiger partial charge is 0.272 e. The molecule has 250 valence electrons. The molecule has 2 aromatic carbocycles. The molecule has 3 aromatic rings. The first-order valence-corrected chi connectivity index (χ1v) is 15.6. The third kappa shape index (κ3) is 10.0. The van der Waals surface area contributed by atoms with Crippen LogP contribution >= 0.6 is 23.2 Å². The lowest BCUT2D eigenvalue weighted by molar-refractivity contribution is -0.143. The van der Waals surface area contributed by atoms with Crippen molar-refractivity contribution in [1.82, 2.24) is 25.0 Å². The minimum absolute atomic E-state index is 0.0151. The molecule has 2 heterocycles. The maximum atomic E-state index is 14.1. The Morgan fingerprint density at radius 3 is 2.09 bits per heavy atom. The molecule has 12 nitrogen and oxygen atoms in total. The van der Waals surface area contributed by atoms with E-state index >= 15 is 0 Å². The van der Waals surface area contributed by atoms with Crippen molar-refractivity contribution in [1.29, 1.82) is 0 Å². The minimum atomic E-state index is -0.500. The summed E-state index contributed by atoms with van der Waals surface area (Å²) in [5.74, 6) is -0.916. The summed E-state index contributed by atoms with van der Waals surface area (Å²) in [5.41, 5.74) is 1.83. The van der Waals surface area contributed by atoms with Gasteiger partial charge in [0.15, 0.2) is 0 Å². The van der Waals surface area contributed by atoms with Gasteiger partial charge in [0.25, 0.3) is 5.91 Å². The number of aromatic nitrogens is 1. The summed E-state index contributed by atoms with van der Waals surface area (Å²) in [5, 5.41) is 3.43. The lowest BCUT2D eigenvalue weighted by Gasteiger charge is -2.30. The SMILES string of the molecule is COCCCN1CC(=O)N(Cc2cc(OC)cc(OC)c2)CC(=O)N(Cc2ccc(Cl)c(Cl)c2)CC(=O)NCc2cccc(n2)C1=O. The van der Waals surface area contributed by atoms with E-state index in [1.54, 1.807) is 61.7 Å². The molecule has 14 heteroatoms. The van der Waals surface area contributed by atoms with Crippen LogP contribution < -0.4 is 14.8 Å². The molecular formula is C33H37Cl2N5O7. The number of hydrogen-bond donors (Lipinski definition) is 1. The highest BCUT2D eigenvalue weighted by molar-refractivity contribution is 6.42. The lowest BCUT2D eigenvalue weighted by Crippen LogP contribution is -2.48. The van der Waals surface area contributed by atoms with Gasteiger partial charge in [-0.1, -0.05) is 35.3 Å². The van der Waals surface area contributed by atoms with Crippen molar-refractivity contribution in [2.24, 2.45) is 0 Å². The fourth-order valence-corrected chi connectivity index (χ4v) is 5.28. The average molecular weight is 687 g/mol. The van der Waals surface area contributed by atoms with Crippen LogP contribution in [0.2, 0.25) is 10.0 Å². The van der Waals surface area contributed by atoms with Crippen LogP contribution in [0, 0.1) is 0 Å². The molecule has 0 unspecified atom stereocenters. The van der Waals surface area contributed by atoms with Crippen LogP contribution in [0.3, 0.4) is 0 Å². The fourth-order valence-electron chi connectivity index (χ4n) is 4.96. The first-order chi connectivity index (χ1) is 22.6. The van der Waals surface area contributed by atoms with Crippen LogP contribution in [-0.4, -0.2) is 97.4 Å². The molecular weight excluding hydrogens is 649 g/mol. The Kier molecular flexibility index (Phi) is 12.8. The minimum Gasteiger partial charge on any atom is -0.497 e. The summed E-state index contributed by atoms with van der Waals surface area (Å²) in [6.07, 6.45) is 0.467. The molecule has 1 aliphatic rings. The number of ether oxygens (including phenoxy) is 3. The quantitative estimate of drug-likeness (QED) is 0.321. The van der Waals surface area contributed by atoms with Crippen molar-refractivity contribution in [3.8, 4) is 11.5 Å². The van der Waals surface area contributed by atoms with E-state index < -0.39 is 23.6 Å². The first kappa shape index (κ1) is 35.5. The van der Waals surface area contributed by atoms with Gasteiger partial charge in [-0.05, 0) is 53.9 Å². The normalized spacial score (nSPS) is 14.9. The number of fused-ring (bicyclic) bond motifs is 2. The van der Waals surface area contributed by atoms with Crippen molar-refractivity contribution in [2.75, 3.05) is 54.1 Å². The van der Waals surface area contributed by atoms with Gasteiger partial charge >= 0.3 is 0 Å². The van der Waals surface area contributed by atoms with Gasteiger partial charge in [-0.15, -0.1) is 0 Å². The average Bonchev–Trinajstić information content (AvgIpc) is 3.07. The number of halogens is 2. The predicted octanol–water partition coefficient (Wildman–Crippen LogP) is 3.57. The van der Waals surface area contributed by atoms with E-state index in [-0.39, 0.29) is 51.5 Å². The van der Waals surface area contributed by atoms with E-state index in [0.717, 1.165) is 0 Å². The number of benzene rings is 2. The second-order valence-electron chi connectivity index (χ2n) is 10.8. The van der Waals surface area contributed by atoms with Crippen LogP contribution in [0.5, 0.6) is 11.5 Å². The number of nitrogens with one attached hydrogen (secondary N) is 1. The molecule has 47 heavy (non-hydrogen) atoms. The van der Waals surface area contributed by atoms with Crippen molar-refractivity contribution in [3.05, 3.63) is 87.2 Å². The summed E-state index contributed by atoms with van der Waals surface area (Å²) in [4.78, 5) is 63.4. The summed E-state index contributed by atoms with van der Waals surface area (Å²) in [6, 6.07) is 15.0. The molecule has 1 aliphatic heterocycles. The van der Waals surface area contributed by atoms with Crippen molar-refractivity contribution in [2.45, 2.75) is 26.1 Å². The van der Waals surface area contributed by atoms with E-state index in [9.17, 15) is 19.2 Å². The molecule has 0 atom stereocenters. The molecule has 0 radical (unpaired) electrons. The molecule has 0 saturated heterocycles. The zero-order valence-electron chi connectivity index (χ0n) is 26.5. The number of pyridine rings is 1. The number of hydrogen-bond acceptors (Lipinski definition) is 8. The zero-order chi connectivity index (χ0) is 33.9. The molecule has 4 rings (SSSR count). The highest BCUT2D eigenvalue weighted by atomic mass is 35.5. The summed E-state index contributed by atoms with van der Waals surface area (Å²) in [7, 11) is 4.57. The second-order valence-corrected chi connectivity index (χ2v) is 11.6. The molecule has 1 aromatic heterocycles. The van der Waals surface area contributed by atoms with Gasteiger partial charge in [-0.3, -0.25) is 19.2 Å². The molecule has 0 aliphatic carbocycles. The monoisotopic (exact) mass is 685 g/mol. The Bertz CT molecular complexity index is 1580.